The number of carbonyl (C=O) groups excluding carboxylic acids is 1. The number of rotatable bonds is 5. The molecule has 0 bridgehead atoms. The average molecular weight is 471 g/mol. The number of para-hydroxylation sites is 1. The van der Waals surface area contributed by atoms with Crippen LogP contribution < -0.4 is 24.4 Å². The van der Waals surface area contributed by atoms with Gasteiger partial charge < -0.3 is 28.3 Å². The van der Waals surface area contributed by atoms with Gasteiger partial charge in [-0.05, 0) is 47.5 Å². The molecule has 0 radical (unpaired) electrons. The molecule has 35 heavy (non-hydrogen) atoms. The van der Waals surface area contributed by atoms with Gasteiger partial charge in [-0.15, -0.1) is 0 Å². The molecule has 176 valence electrons. The van der Waals surface area contributed by atoms with Gasteiger partial charge in [0.2, 0.25) is 12.6 Å². The lowest BCUT2D eigenvalue weighted by molar-refractivity contribution is 0.0714. The third-order valence-corrected chi connectivity index (χ3v) is 6.39. The maximum atomic E-state index is 13.7. The molecule has 0 fully saturated rings. The Hall–Kier alpha value is -4.46. The van der Waals surface area contributed by atoms with Gasteiger partial charge in [-0.1, -0.05) is 24.3 Å². The zero-order valence-corrected chi connectivity index (χ0v) is 19.1. The maximum absolute atomic E-state index is 13.7. The van der Waals surface area contributed by atoms with E-state index in [1.165, 1.54) is 0 Å². The third kappa shape index (κ3) is 3.29. The van der Waals surface area contributed by atoms with Gasteiger partial charge in [-0.3, -0.25) is 9.59 Å². The number of hydrogen-bond donors (Lipinski definition) is 0. The summed E-state index contributed by atoms with van der Waals surface area (Å²) in [6.07, 6.45) is 0. The van der Waals surface area contributed by atoms with Gasteiger partial charge in [0.05, 0.1) is 31.2 Å². The van der Waals surface area contributed by atoms with Crippen LogP contribution in [0.3, 0.4) is 0 Å². The number of ether oxygens (including phenoxy) is 4. The smallest absolute Gasteiger partial charge is 0.291 e. The molecule has 0 N–H and O–H groups in total. The van der Waals surface area contributed by atoms with Crippen LogP contribution in [0.5, 0.6) is 23.0 Å². The molecule has 0 saturated heterocycles. The molecule has 0 saturated carbocycles. The SMILES string of the molecule is COc1ccc([C@H]2c3c(oc4ccccc4c3=O)C(=O)N2Cc2ccc3c(c2)OCO3)cc1OC. The van der Waals surface area contributed by atoms with E-state index >= 15 is 0 Å². The second-order valence-corrected chi connectivity index (χ2v) is 8.31. The number of benzene rings is 3. The molecule has 0 aliphatic carbocycles. The fraction of sp³-hybridized carbons (Fsp3) is 0.185. The molecule has 2 aliphatic heterocycles. The van der Waals surface area contributed by atoms with Crippen LogP contribution in [0.15, 0.2) is 69.9 Å². The van der Waals surface area contributed by atoms with E-state index in [2.05, 4.69) is 0 Å². The monoisotopic (exact) mass is 471 g/mol. The number of hydrogen-bond acceptors (Lipinski definition) is 7. The van der Waals surface area contributed by atoms with Crippen LogP contribution >= 0.6 is 0 Å². The summed E-state index contributed by atoms with van der Waals surface area (Å²) in [4.78, 5) is 29.0. The fourth-order valence-electron chi connectivity index (χ4n) is 4.74. The van der Waals surface area contributed by atoms with Crippen LogP contribution in [0.1, 0.15) is 33.3 Å². The second kappa shape index (κ2) is 8.09. The second-order valence-electron chi connectivity index (χ2n) is 8.31. The van der Waals surface area contributed by atoms with Crippen molar-refractivity contribution in [3.05, 3.63) is 93.3 Å². The number of amides is 1. The Morgan fingerprint density at radius 1 is 0.914 bits per heavy atom. The van der Waals surface area contributed by atoms with E-state index in [0.29, 0.717) is 45.1 Å². The van der Waals surface area contributed by atoms with Crippen LogP contribution in [0.2, 0.25) is 0 Å². The van der Waals surface area contributed by atoms with Crippen molar-refractivity contribution in [3.63, 3.8) is 0 Å². The molecule has 1 atom stereocenters. The van der Waals surface area contributed by atoms with E-state index in [4.69, 9.17) is 23.4 Å². The lowest BCUT2D eigenvalue weighted by Gasteiger charge is -2.26. The Labute approximate surface area is 200 Å². The molecule has 4 aromatic rings. The molecule has 3 heterocycles. The zero-order chi connectivity index (χ0) is 24.1. The number of methoxy groups -OCH3 is 2. The first-order valence-electron chi connectivity index (χ1n) is 11.1. The standard InChI is InChI=1S/C27H21NO7/c1-31-19-10-8-16(12-21(19)32-2)24-23-25(29)17-5-3-4-6-18(17)35-26(23)27(30)28(24)13-15-7-9-20-22(11-15)34-14-33-20/h3-12,24H,13-14H2,1-2H3/t24-/m0/s1. The molecule has 0 spiro atoms. The number of nitrogens with zero attached hydrogens (tertiary/aromatic N) is 1. The van der Waals surface area contributed by atoms with Gasteiger partial charge in [0, 0.05) is 6.54 Å². The Bertz CT molecular complexity index is 1540. The number of carbonyl (C=O) groups is 1. The summed E-state index contributed by atoms with van der Waals surface area (Å²) in [6.45, 7) is 0.390. The minimum Gasteiger partial charge on any atom is -0.493 e. The van der Waals surface area contributed by atoms with E-state index in [0.717, 1.165) is 5.56 Å². The minimum absolute atomic E-state index is 0.0502. The summed E-state index contributed by atoms with van der Waals surface area (Å²) in [5.41, 5.74) is 1.99. The van der Waals surface area contributed by atoms with Crippen LogP contribution in [-0.4, -0.2) is 31.8 Å². The Morgan fingerprint density at radius 3 is 2.54 bits per heavy atom. The first-order chi connectivity index (χ1) is 17.1. The minimum atomic E-state index is -0.677. The molecule has 2 aliphatic rings. The highest BCUT2D eigenvalue weighted by atomic mass is 16.7. The van der Waals surface area contributed by atoms with Crippen molar-refractivity contribution < 1.29 is 28.2 Å². The van der Waals surface area contributed by atoms with Crippen molar-refractivity contribution in [2.45, 2.75) is 12.6 Å². The Morgan fingerprint density at radius 2 is 1.71 bits per heavy atom. The zero-order valence-electron chi connectivity index (χ0n) is 19.1. The number of fused-ring (bicyclic) bond motifs is 3. The summed E-state index contributed by atoms with van der Waals surface area (Å²) >= 11 is 0. The molecule has 1 aromatic heterocycles. The predicted octanol–water partition coefficient (Wildman–Crippen LogP) is 4.28. The van der Waals surface area contributed by atoms with E-state index in [9.17, 15) is 9.59 Å². The highest BCUT2D eigenvalue weighted by molar-refractivity contribution is 5.99. The fourth-order valence-corrected chi connectivity index (χ4v) is 4.74. The summed E-state index contributed by atoms with van der Waals surface area (Å²) in [7, 11) is 3.10. The molecule has 0 unspecified atom stereocenters. The summed E-state index contributed by atoms with van der Waals surface area (Å²) in [6, 6.07) is 17.2. The first kappa shape index (κ1) is 21.1. The quantitative estimate of drug-likeness (QED) is 0.429. The summed E-state index contributed by atoms with van der Waals surface area (Å²) in [5, 5.41) is 0.425. The Balaban J connectivity index is 1.53. The summed E-state index contributed by atoms with van der Waals surface area (Å²) in [5.74, 6) is 2.01. The van der Waals surface area contributed by atoms with Crippen molar-refractivity contribution >= 4 is 16.9 Å². The van der Waals surface area contributed by atoms with Crippen molar-refractivity contribution in [2.75, 3.05) is 21.0 Å². The summed E-state index contributed by atoms with van der Waals surface area (Å²) < 4.78 is 27.8. The predicted molar refractivity (Wildman–Crippen MR) is 126 cm³/mol. The van der Waals surface area contributed by atoms with Crippen molar-refractivity contribution in [2.24, 2.45) is 0 Å². The topological polar surface area (TPSA) is 87.4 Å². The van der Waals surface area contributed by atoms with Crippen LogP contribution in [0, 0.1) is 0 Å². The molecular formula is C27H21NO7. The normalized spacial score (nSPS) is 16.0. The largest absolute Gasteiger partial charge is 0.493 e. The van der Waals surface area contributed by atoms with Gasteiger partial charge in [-0.2, -0.15) is 0 Å². The van der Waals surface area contributed by atoms with Gasteiger partial charge in [0.1, 0.15) is 5.58 Å². The molecule has 6 rings (SSSR count). The first-order valence-corrected chi connectivity index (χ1v) is 11.1. The van der Waals surface area contributed by atoms with Gasteiger partial charge in [-0.25, -0.2) is 0 Å². The third-order valence-electron chi connectivity index (χ3n) is 6.39. The van der Waals surface area contributed by atoms with Crippen molar-refractivity contribution in [1.29, 1.82) is 0 Å². The Kier molecular flexibility index (Phi) is 4.88. The van der Waals surface area contributed by atoms with E-state index in [1.807, 2.05) is 24.3 Å². The van der Waals surface area contributed by atoms with Crippen molar-refractivity contribution in [1.82, 2.24) is 4.90 Å². The molecule has 8 nitrogen and oxygen atoms in total. The van der Waals surface area contributed by atoms with Gasteiger partial charge >= 0.3 is 0 Å². The highest BCUT2D eigenvalue weighted by Crippen LogP contribution is 2.42. The maximum Gasteiger partial charge on any atom is 0.291 e. The lowest BCUT2D eigenvalue weighted by Crippen LogP contribution is -2.29. The van der Waals surface area contributed by atoms with Crippen LogP contribution in [0.4, 0.5) is 0 Å². The molecule has 3 aromatic carbocycles. The van der Waals surface area contributed by atoms with Crippen LogP contribution in [0.25, 0.3) is 11.0 Å². The lowest BCUT2D eigenvalue weighted by atomic mass is 9.97. The molecule has 1 amide bonds. The molecule has 8 heteroatoms. The van der Waals surface area contributed by atoms with Gasteiger partial charge in [0.25, 0.3) is 5.91 Å². The molecular weight excluding hydrogens is 450 g/mol. The average Bonchev–Trinajstić information content (AvgIpc) is 3.46. The van der Waals surface area contributed by atoms with E-state index in [1.54, 1.807) is 55.5 Å². The van der Waals surface area contributed by atoms with E-state index < -0.39 is 6.04 Å². The van der Waals surface area contributed by atoms with Crippen molar-refractivity contribution in [3.8, 4) is 23.0 Å². The highest BCUT2D eigenvalue weighted by Gasteiger charge is 2.43. The van der Waals surface area contributed by atoms with Crippen LogP contribution in [-0.2, 0) is 6.54 Å². The van der Waals surface area contributed by atoms with Gasteiger partial charge in [0.15, 0.2) is 28.4 Å². The van der Waals surface area contributed by atoms with E-state index in [-0.39, 0.29) is 30.4 Å².